The first kappa shape index (κ1) is 80.4. The van der Waals surface area contributed by atoms with Crippen LogP contribution in [0.1, 0.15) is 284 Å². The summed E-state index contributed by atoms with van der Waals surface area (Å²) in [7, 11) is 1.47. The third-order valence-corrected chi connectivity index (χ3v) is 15.5. The second-order valence-electron chi connectivity index (χ2n) is 23.8. The van der Waals surface area contributed by atoms with Crippen molar-refractivity contribution in [3.05, 3.63) is 122 Å². The van der Waals surface area contributed by atoms with E-state index in [1.165, 1.54) is 141 Å². The molecule has 84 heavy (non-hydrogen) atoms. The van der Waals surface area contributed by atoms with E-state index in [4.69, 9.17) is 18.5 Å². The van der Waals surface area contributed by atoms with Gasteiger partial charge in [-0.2, -0.15) is 0 Å². The summed E-state index contributed by atoms with van der Waals surface area (Å²) in [5.74, 6) is -0.799. The van der Waals surface area contributed by atoms with Gasteiger partial charge in [0.1, 0.15) is 19.8 Å². The van der Waals surface area contributed by atoms with Gasteiger partial charge in [0.25, 0.3) is 0 Å². The van der Waals surface area contributed by atoms with Crippen LogP contribution in [0.3, 0.4) is 0 Å². The van der Waals surface area contributed by atoms with Crippen molar-refractivity contribution in [2.24, 2.45) is 0 Å². The van der Waals surface area contributed by atoms with E-state index in [0.717, 1.165) is 109 Å². The SMILES string of the molecule is CC/C=C\C/C=C\C/C=C\C/C=C\C/C=C\C/C=C\CCCCCCCCCCCCC(=O)OC(COC(=O)CCCCCCCCCCCCCCCCCCCC/C=C\C/C=C\C/C=C\C/C=C\CC)COP(=O)(O)OCC[N+](C)(C)C. The van der Waals surface area contributed by atoms with Crippen LogP contribution < -0.4 is 0 Å². The number of rotatable bonds is 62. The molecule has 0 radical (unpaired) electrons. The summed E-state index contributed by atoms with van der Waals surface area (Å²) in [4.78, 5) is 35.9. The van der Waals surface area contributed by atoms with Crippen molar-refractivity contribution >= 4 is 19.8 Å². The van der Waals surface area contributed by atoms with Crippen molar-refractivity contribution in [2.75, 3.05) is 47.5 Å². The van der Waals surface area contributed by atoms with Crippen LogP contribution in [0.15, 0.2) is 122 Å². The van der Waals surface area contributed by atoms with Crippen LogP contribution in [0.5, 0.6) is 0 Å². The van der Waals surface area contributed by atoms with Crippen molar-refractivity contribution in [3.63, 3.8) is 0 Å². The molecular formula is C74H129NO8P+. The second-order valence-corrected chi connectivity index (χ2v) is 25.3. The first-order chi connectivity index (χ1) is 41.0. The van der Waals surface area contributed by atoms with Crippen LogP contribution >= 0.6 is 7.82 Å². The molecule has 0 aromatic heterocycles. The number of carbonyl (C=O) groups is 2. The molecule has 0 aromatic carbocycles. The lowest BCUT2D eigenvalue weighted by atomic mass is 10.0. The van der Waals surface area contributed by atoms with E-state index in [9.17, 15) is 19.0 Å². The summed E-state index contributed by atoms with van der Waals surface area (Å²) < 4.78 is 34.7. The molecule has 9 nitrogen and oxygen atoms in total. The van der Waals surface area contributed by atoms with Crippen molar-refractivity contribution in [2.45, 2.75) is 290 Å². The van der Waals surface area contributed by atoms with Gasteiger partial charge < -0.3 is 18.9 Å². The number of hydrogen-bond acceptors (Lipinski definition) is 7. The van der Waals surface area contributed by atoms with Gasteiger partial charge in [0, 0.05) is 12.8 Å². The fraction of sp³-hybridized carbons (Fsp3) is 0.703. The van der Waals surface area contributed by atoms with Crippen molar-refractivity contribution < 1.29 is 42.1 Å². The van der Waals surface area contributed by atoms with Crippen molar-refractivity contribution in [1.82, 2.24) is 0 Å². The van der Waals surface area contributed by atoms with Crippen LogP contribution in [0.25, 0.3) is 0 Å². The minimum Gasteiger partial charge on any atom is -0.462 e. The molecule has 0 saturated carbocycles. The lowest BCUT2D eigenvalue weighted by Gasteiger charge is -2.24. The monoisotopic (exact) mass is 1190 g/mol. The van der Waals surface area contributed by atoms with Crippen LogP contribution in [-0.4, -0.2) is 74.9 Å². The Hall–Kier alpha value is -3.59. The summed E-state index contributed by atoms with van der Waals surface area (Å²) in [5, 5.41) is 0. The zero-order valence-corrected chi connectivity index (χ0v) is 55.7. The number of unbranched alkanes of at least 4 members (excludes halogenated alkanes) is 28. The smallest absolute Gasteiger partial charge is 0.462 e. The van der Waals surface area contributed by atoms with Gasteiger partial charge >= 0.3 is 19.8 Å². The lowest BCUT2D eigenvalue weighted by molar-refractivity contribution is -0.870. The topological polar surface area (TPSA) is 108 Å². The molecule has 0 bridgehead atoms. The third kappa shape index (κ3) is 67.5. The highest BCUT2D eigenvalue weighted by molar-refractivity contribution is 7.47. The predicted octanol–water partition coefficient (Wildman–Crippen LogP) is 22.3. The molecule has 482 valence electrons. The van der Waals surface area contributed by atoms with Gasteiger partial charge in [0.15, 0.2) is 6.10 Å². The number of nitrogens with zero attached hydrogens (tertiary/aromatic N) is 1. The number of hydrogen-bond donors (Lipinski definition) is 1. The average Bonchev–Trinajstić information content (AvgIpc) is 3.61. The number of allylic oxidation sites excluding steroid dienone is 20. The van der Waals surface area contributed by atoms with E-state index in [1.54, 1.807) is 0 Å². The zero-order chi connectivity index (χ0) is 61.2. The minimum absolute atomic E-state index is 0.0266. The van der Waals surface area contributed by atoms with E-state index in [0.29, 0.717) is 17.4 Å². The molecule has 1 N–H and O–H groups in total. The summed E-state index contributed by atoms with van der Waals surface area (Å²) >= 11 is 0. The fourth-order valence-electron chi connectivity index (χ4n) is 9.31. The molecule has 0 amide bonds. The number of phosphoric ester groups is 1. The first-order valence-corrected chi connectivity index (χ1v) is 35.8. The molecule has 0 spiro atoms. The van der Waals surface area contributed by atoms with Gasteiger partial charge in [0.2, 0.25) is 0 Å². The normalized spacial score (nSPS) is 13.9. The van der Waals surface area contributed by atoms with Crippen LogP contribution in [0.2, 0.25) is 0 Å². The molecule has 0 saturated heterocycles. The van der Waals surface area contributed by atoms with Gasteiger partial charge in [0.05, 0.1) is 27.7 Å². The maximum Gasteiger partial charge on any atom is 0.472 e. The molecule has 0 heterocycles. The summed E-state index contributed by atoms with van der Waals surface area (Å²) in [5.41, 5.74) is 0. The Kier molecular flexibility index (Phi) is 61.2. The fourth-order valence-corrected chi connectivity index (χ4v) is 10.0. The summed E-state index contributed by atoms with van der Waals surface area (Å²) in [6, 6.07) is 0. The zero-order valence-electron chi connectivity index (χ0n) is 54.9. The Morgan fingerprint density at radius 3 is 0.952 bits per heavy atom. The summed E-state index contributed by atoms with van der Waals surface area (Å²) in [6.45, 7) is 4.22. The highest BCUT2D eigenvalue weighted by Crippen LogP contribution is 2.43. The number of likely N-dealkylation sites (N-methyl/N-ethyl adjacent to an activating group) is 1. The first-order valence-electron chi connectivity index (χ1n) is 34.3. The Morgan fingerprint density at radius 2 is 0.643 bits per heavy atom. The maximum atomic E-state index is 12.9. The summed E-state index contributed by atoms with van der Waals surface area (Å²) in [6.07, 6.45) is 91.5. The Labute approximate surface area is 518 Å². The van der Waals surface area contributed by atoms with Gasteiger partial charge in [-0.15, -0.1) is 0 Å². The molecule has 10 heteroatoms. The van der Waals surface area contributed by atoms with E-state index in [2.05, 4.69) is 135 Å². The van der Waals surface area contributed by atoms with Crippen LogP contribution in [0, 0.1) is 0 Å². The maximum absolute atomic E-state index is 12.9. The third-order valence-electron chi connectivity index (χ3n) is 14.5. The quantitative estimate of drug-likeness (QED) is 0.0211. The van der Waals surface area contributed by atoms with Crippen molar-refractivity contribution in [1.29, 1.82) is 0 Å². The Balaban J connectivity index is 4.08. The molecule has 0 aliphatic rings. The number of esters is 2. The second kappa shape index (κ2) is 63.9. The molecule has 0 aromatic rings. The van der Waals surface area contributed by atoms with Gasteiger partial charge in [-0.1, -0.05) is 289 Å². The largest absolute Gasteiger partial charge is 0.472 e. The standard InChI is InChI=1S/C74H128NO8P/c1-6-8-10-12-14-16-18-20-22-24-26-28-30-32-34-36-37-39-40-42-44-46-48-50-52-54-56-58-60-62-64-66-73(76)80-70-72(71-82-84(78,79)81-69-68-75(3,4)5)83-74(77)67-65-63-61-59-57-55-53-51-49-47-45-43-41-38-35-33-31-29-27-25-23-21-19-17-15-13-11-9-7-2/h8-11,14-17,20-23,26-29,33,35,41,43,72H,6-7,12-13,18-19,24-25,30-32,34,36-40,42,44-71H2,1-5H3/p+1/b10-8-,11-9-,16-14-,17-15-,22-20-,23-21-,28-26-,29-27-,35-33-,43-41-. The molecule has 0 aliphatic heterocycles. The number of quaternary nitrogens is 1. The predicted molar refractivity (Wildman–Crippen MR) is 362 cm³/mol. The van der Waals surface area contributed by atoms with Crippen LogP contribution in [-0.2, 0) is 32.7 Å². The van der Waals surface area contributed by atoms with Crippen molar-refractivity contribution in [3.8, 4) is 0 Å². The van der Waals surface area contributed by atoms with E-state index in [1.807, 2.05) is 21.1 Å². The molecular weight excluding hydrogens is 1060 g/mol. The number of carbonyl (C=O) groups excluding carboxylic acids is 2. The van der Waals surface area contributed by atoms with Gasteiger partial charge in [-0.3, -0.25) is 18.6 Å². The van der Waals surface area contributed by atoms with E-state index in [-0.39, 0.29) is 32.0 Å². The Bertz CT molecular complexity index is 1830. The molecule has 2 unspecified atom stereocenters. The molecule has 2 atom stereocenters. The number of ether oxygens (including phenoxy) is 2. The molecule has 0 rings (SSSR count). The highest BCUT2D eigenvalue weighted by atomic mass is 31.2. The molecule has 0 aliphatic carbocycles. The van der Waals surface area contributed by atoms with Gasteiger partial charge in [-0.05, 0) is 103 Å². The number of phosphoric acid groups is 1. The Morgan fingerprint density at radius 1 is 0.369 bits per heavy atom. The van der Waals surface area contributed by atoms with E-state index < -0.39 is 26.5 Å². The van der Waals surface area contributed by atoms with Gasteiger partial charge in [-0.25, -0.2) is 4.57 Å². The van der Waals surface area contributed by atoms with Crippen LogP contribution in [0.4, 0.5) is 0 Å². The average molecular weight is 1190 g/mol. The highest BCUT2D eigenvalue weighted by Gasteiger charge is 2.27. The minimum atomic E-state index is -4.40. The molecule has 0 fully saturated rings. The van der Waals surface area contributed by atoms with E-state index >= 15 is 0 Å². The lowest BCUT2D eigenvalue weighted by Crippen LogP contribution is -2.37.